The number of rotatable bonds is 18. The van der Waals surface area contributed by atoms with Crippen LogP contribution in [0.15, 0.2) is 127 Å². The standard InChI is InChI=1S/C43H48N2O6/c1-31(25-41(35-15-19-38(48-3)20-16-35)36-17-21-39(49-4)22-18-36)45(27-33-11-7-5-8-12-33)28-37(47)30-50-40-23-24-43(42(26-40)44-32(2)46)51-29-34-13-9-6-10-14-34/h5-24,26,31,37,41,47H,25,27-30H2,1-4H3,(H,44,46)/t31?,37-/m0/s1. The van der Waals surface area contributed by atoms with Gasteiger partial charge in [0.2, 0.25) is 5.91 Å². The summed E-state index contributed by atoms with van der Waals surface area (Å²) in [6, 6.07) is 42.0. The molecule has 0 fully saturated rings. The molecule has 0 aliphatic carbocycles. The molecule has 1 unspecified atom stereocenters. The molecule has 0 saturated carbocycles. The summed E-state index contributed by atoms with van der Waals surface area (Å²) < 4.78 is 23.0. The van der Waals surface area contributed by atoms with Crippen molar-refractivity contribution in [3.05, 3.63) is 150 Å². The Morgan fingerprint density at radius 3 is 1.82 bits per heavy atom. The van der Waals surface area contributed by atoms with Crippen LogP contribution in [0.2, 0.25) is 0 Å². The Hall–Kier alpha value is -5.31. The van der Waals surface area contributed by atoms with Crippen LogP contribution in [-0.4, -0.2) is 55.4 Å². The molecule has 1 amide bonds. The lowest BCUT2D eigenvalue weighted by Crippen LogP contribution is -2.41. The van der Waals surface area contributed by atoms with Crippen molar-refractivity contribution in [2.45, 2.75) is 51.5 Å². The topological polar surface area (TPSA) is 89.5 Å². The van der Waals surface area contributed by atoms with Gasteiger partial charge in [-0.3, -0.25) is 9.69 Å². The molecule has 51 heavy (non-hydrogen) atoms. The predicted octanol–water partition coefficient (Wildman–Crippen LogP) is 8.09. The summed E-state index contributed by atoms with van der Waals surface area (Å²) in [5, 5.41) is 14.2. The maximum atomic E-state index is 12.0. The largest absolute Gasteiger partial charge is 0.497 e. The maximum absolute atomic E-state index is 12.0. The summed E-state index contributed by atoms with van der Waals surface area (Å²) in [5.41, 5.74) is 5.05. The Labute approximate surface area is 301 Å². The minimum atomic E-state index is -0.783. The molecule has 8 heteroatoms. The van der Waals surface area contributed by atoms with E-state index in [0.717, 1.165) is 29.0 Å². The fourth-order valence-corrected chi connectivity index (χ4v) is 6.11. The zero-order chi connectivity index (χ0) is 36.0. The molecule has 0 aliphatic heterocycles. The van der Waals surface area contributed by atoms with E-state index in [1.54, 1.807) is 32.4 Å². The van der Waals surface area contributed by atoms with Gasteiger partial charge in [-0.15, -0.1) is 0 Å². The van der Waals surface area contributed by atoms with Crippen LogP contribution in [-0.2, 0) is 17.9 Å². The van der Waals surface area contributed by atoms with Crippen molar-refractivity contribution in [2.24, 2.45) is 0 Å². The lowest BCUT2D eigenvalue weighted by atomic mass is 9.85. The number of benzene rings is 5. The van der Waals surface area contributed by atoms with E-state index in [1.807, 2.05) is 72.8 Å². The predicted molar refractivity (Wildman–Crippen MR) is 202 cm³/mol. The first kappa shape index (κ1) is 37.0. The van der Waals surface area contributed by atoms with Gasteiger partial charge in [0, 0.05) is 38.0 Å². The number of nitrogens with zero attached hydrogens (tertiary/aromatic N) is 1. The van der Waals surface area contributed by atoms with Crippen molar-refractivity contribution in [2.75, 3.05) is 32.7 Å². The molecule has 0 aliphatic rings. The average molecular weight is 689 g/mol. The molecule has 2 atom stereocenters. The first-order valence-corrected chi connectivity index (χ1v) is 17.3. The molecule has 266 valence electrons. The normalized spacial score (nSPS) is 12.3. The second kappa shape index (κ2) is 18.6. The van der Waals surface area contributed by atoms with Crippen LogP contribution in [0, 0.1) is 0 Å². The summed E-state index contributed by atoms with van der Waals surface area (Å²) in [4.78, 5) is 14.3. The molecule has 0 aromatic heterocycles. The molecule has 0 saturated heterocycles. The molecule has 0 spiro atoms. The first-order valence-electron chi connectivity index (χ1n) is 17.3. The van der Waals surface area contributed by atoms with Crippen LogP contribution >= 0.6 is 0 Å². The fraction of sp³-hybridized carbons (Fsp3) is 0.279. The number of hydrogen-bond acceptors (Lipinski definition) is 7. The molecular formula is C43H48N2O6. The molecule has 5 rings (SSSR count). The smallest absolute Gasteiger partial charge is 0.221 e. The highest BCUT2D eigenvalue weighted by Crippen LogP contribution is 2.34. The van der Waals surface area contributed by atoms with E-state index in [9.17, 15) is 9.90 Å². The van der Waals surface area contributed by atoms with E-state index < -0.39 is 6.10 Å². The van der Waals surface area contributed by atoms with Crippen molar-refractivity contribution >= 4 is 11.6 Å². The molecule has 0 bridgehead atoms. The summed E-state index contributed by atoms with van der Waals surface area (Å²) >= 11 is 0. The Morgan fingerprint density at radius 1 is 0.725 bits per heavy atom. The van der Waals surface area contributed by atoms with Gasteiger partial charge in [-0.1, -0.05) is 84.9 Å². The van der Waals surface area contributed by atoms with Crippen LogP contribution in [0.4, 0.5) is 5.69 Å². The van der Waals surface area contributed by atoms with E-state index >= 15 is 0 Å². The van der Waals surface area contributed by atoms with Crippen LogP contribution in [0.25, 0.3) is 0 Å². The lowest BCUT2D eigenvalue weighted by Gasteiger charge is -2.34. The van der Waals surface area contributed by atoms with E-state index in [4.69, 9.17) is 18.9 Å². The van der Waals surface area contributed by atoms with Crippen LogP contribution in [0.3, 0.4) is 0 Å². The molecule has 5 aromatic rings. The van der Waals surface area contributed by atoms with Gasteiger partial charge in [0.15, 0.2) is 0 Å². The molecule has 2 N–H and O–H groups in total. The van der Waals surface area contributed by atoms with Gasteiger partial charge in [-0.2, -0.15) is 0 Å². The van der Waals surface area contributed by atoms with Crippen LogP contribution < -0.4 is 24.3 Å². The van der Waals surface area contributed by atoms with Gasteiger partial charge in [0.25, 0.3) is 0 Å². The van der Waals surface area contributed by atoms with Gasteiger partial charge >= 0.3 is 0 Å². The van der Waals surface area contributed by atoms with Crippen molar-refractivity contribution in [1.29, 1.82) is 0 Å². The average Bonchev–Trinajstić information content (AvgIpc) is 3.16. The van der Waals surface area contributed by atoms with Gasteiger partial charge in [0.1, 0.15) is 42.3 Å². The minimum Gasteiger partial charge on any atom is -0.497 e. The Morgan fingerprint density at radius 2 is 1.27 bits per heavy atom. The maximum Gasteiger partial charge on any atom is 0.221 e. The second-order valence-electron chi connectivity index (χ2n) is 12.7. The number of hydrogen-bond donors (Lipinski definition) is 2. The highest BCUT2D eigenvalue weighted by atomic mass is 16.5. The molecular weight excluding hydrogens is 640 g/mol. The van der Waals surface area contributed by atoms with Crippen LogP contribution in [0.1, 0.15) is 48.4 Å². The second-order valence-corrected chi connectivity index (χ2v) is 12.7. The zero-order valence-electron chi connectivity index (χ0n) is 29.8. The first-order chi connectivity index (χ1) is 24.8. The third-order valence-electron chi connectivity index (χ3n) is 8.85. The minimum absolute atomic E-state index is 0.0716. The summed E-state index contributed by atoms with van der Waals surface area (Å²) in [6.45, 7) is 5.16. The molecule has 8 nitrogen and oxygen atoms in total. The molecule has 0 heterocycles. The number of aliphatic hydroxyl groups excluding tert-OH is 1. The SMILES string of the molecule is COc1ccc(C(CC(C)N(Cc2ccccc2)C[C@H](O)COc2ccc(OCc3ccccc3)c(NC(C)=O)c2)c2ccc(OC)cc2)cc1. The highest BCUT2D eigenvalue weighted by molar-refractivity contribution is 5.90. The number of amides is 1. The number of carbonyl (C=O) groups is 1. The van der Waals surface area contributed by atoms with Crippen molar-refractivity contribution in [3.8, 4) is 23.0 Å². The number of anilines is 1. The third-order valence-corrected chi connectivity index (χ3v) is 8.85. The third kappa shape index (κ3) is 11.1. The van der Waals surface area contributed by atoms with Crippen molar-refractivity contribution < 1.29 is 28.8 Å². The lowest BCUT2D eigenvalue weighted by molar-refractivity contribution is -0.114. The Bertz CT molecular complexity index is 1730. The quantitative estimate of drug-likeness (QED) is 0.0962. The number of aliphatic hydroxyl groups is 1. The summed E-state index contributed by atoms with van der Waals surface area (Å²) in [6.07, 6.45) is 0.0265. The zero-order valence-corrected chi connectivity index (χ0v) is 29.8. The fourth-order valence-electron chi connectivity index (χ4n) is 6.11. The van der Waals surface area contributed by atoms with Crippen LogP contribution in [0.5, 0.6) is 23.0 Å². The molecule has 0 radical (unpaired) electrons. The van der Waals surface area contributed by atoms with Gasteiger partial charge in [0.05, 0.1) is 19.9 Å². The Kier molecular flexibility index (Phi) is 13.5. The van der Waals surface area contributed by atoms with E-state index in [-0.39, 0.29) is 24.5 Å². The number of nitrogens with one attached hydrogen (secondary N) is 1. The van der Waals surface area contributed by atoms with Crippen molar-refractivity contribution in [3.63, 3.8) is 0 Å². The van der Waals surface area contributed by atoms with E-state index in [1.165, 1.54) is 18.1 Å². The summed E-state index contributed by atoms with van der Waals surface area (Å²) in [7, 11) is 3.35. The van der Waals surface area contributed by atoms with Crippen molar-refractivity contribution in [1.82, 2.24) is 4.90 Å². The van der Waals surface area contributed by atoms with Gasteiger partial charge < -0.3 is 29.4 Å². The molecule has 5 aromatic carbocycles. The summed E-state index contributed by atoms with van der Waals surface area (Å²) in [5.74, 6) is 2.56. The number of ether oxygens (including phenoxy) is 4. The van der Waals surface area contributed by atoms with Gasteiger partial charge in [-0.05, 0) is 72.0 Å². The number of carbonyl (C=O) groups excluding carboxylic acids is 1. The number of methoxy groups -OCH3 is 2. The van der Waals surface area contributed by atoms with Gasteiger partial charge in [-0.25, -0.2) is 0 Å². The monoisotopic (exact) mass is 688 g/mol. The van der Waals surface area contributed by atoms with E-state index in [2.05, 4.69) is 53.5 Å². The Balaban J connectivity index is 1.30. The van der Waals surface area contributed by atoms with E-state index in [0.29, 0.717) is 36.9 Å². The highest BCUT2D eigenvalue weighted by Gasteiger charge is 2.25.